The highest BCUT2D eigenvalue weighted by Crippen LogP contribution is 2.44. The molecule has 110 valence electrons. The first-order valence-corrected chi connectivity index (χ1v) is 7.68. The van der Waals surface area contributed by atoms with Crippen LogP contribution in [0, 0.1) is 13.8 Å². The molecule has 1 heterocycles. The standard InChI is InChI=1S/C17H24ClNO/c1-10-7-14-12(3)9-17(5,6)19(16(20)13(4)18)15(14)8-11(10)2/h7-8,12-13H,9H2,1-6H3/t12-,13-/m1/s1. The van der Waals surface area contributed by atoms with E-state index in [4.69, 9.17) is 11.6 Å². The number of carbonyl (C=O) groups is 1. The number of alkyl halides is 1. The van der Waals surface area contributed by atoms with E-state index in [-0.39, 0.29) is 11.4 Å². The summed E-state index contributed by atoms with van der Waals surface area (Å²) in [4.78, 5) is 14.5. The maximum Gasteiger partial charge on any atom is 0.245 e. The minimum Gasteiger partial charge on any atom is -0.305 e. The molecule has 0 saturated heterocycles. The largest absolute Gasteiger partial charge is 0.305 e. The SMILES string of the molecule is Cc1cc2c(cc1C)N(C(=O)[C@@H](C)Cl)C(C)(C)C[C@H]2C. The Morgan fingerprint density at radius 3 is 2.45 bits per heavy atom. The van der Waals surface area contributed by atoms with E-state index in [9.17, 15) is 4.79 Å². The molecule has 20 heavy (non-hydrogen) atoms. The van der Waals surface area contributed by atoms with Crippen LogP contribution in [-0.4, -0.2) is 16.8 Å². The van der Waals surface area contributed by atoms with Gasteiger partial charge >= 0.3 is 0 Å². The molecule has 1 aromatic carbocycles. The number of hydrogen-bond acceptors (Lipinski definition) is 1. The van der Waals surface area contributed by atoms with Crippen LogP contribution in [-0.2, 0) is 4.79 Å². The maximum atomic E-state index is 12.6. The number of anilines is 1. The van der Waals surface area contributed by atoms with E-state index in [0.717, 1.165) is 12.1 Å². The van der Waals surface area contributed by atoms with Crippen LogP contribution in [0.2, 0.25) is 0 Å². The fourth-order valence-corrected chi connectivity index (χ4v) is 3.38. The lowest BCUT2D eigenvalue weighted by atomic mass is 9.79. The highest BCUT2D eigenvalue weighted by atomic mass is 35.5. The van der Waals surface area contributed by atoms with Gasteiger partial charge in [-0.25, -0.2) is 0 Å². The van der Waals surface area contributed by atoms with Gasteiger partial charge in [0.1, 0.15) is 5.38 Å². The number of hydrogen-bond donors (Lipinski definition) is 0. The zero-order valence-electron chi connectivity index (χ0n) is 13.2. The summed E-state index contributed by atoms with van der Waals surface area (Å²) in [7, 11) is 0. The number of nitrogens with zero attached hydrogens (tertiary/aromatic N) is 1. The average Bonchev–Trinajstić information content (AvgIpc) is 2.30. The molecule has 0 aliphatic carbocycles. The average molecular weight is 294 g/mol. The third-order valence-corrected chi connectivity index (χ3v) is 4.57. The van der Waals surface area contributed by atoms with Crippen LogP contribution in [0.4, 0.5) is 5.69 Å². The van der Waals surface area contributed by atoms with E-state index < -0.39 is 5.38 Å². The summed E-state index contributed by atoms with van der Waals surface area (Å²) in [5.74, 6) is 0.446. The highest BCUT2D eigenvalue weighted by Gasteiger charge is 2.41. The molecular weight excluding hydrogens is 270 g/mol. The van der Waals surface area contributed by atoms with Gasteiger partial charge in [-0.3, -0.25) is 4.79 Å². The number of halogens is 1. The number of carbonyl (C=O) groups excluding carboxylic acids is 1. The Hall–Kier alpha value is -1.02. The van der Waals surface area contributed by atoms with Gasteiger partial charge < -0.3 is 4.90 Å². The van der Waals surface area contributed by atoms with E-state index in [1.54, 1.807) is 6.92 Å². The van der Waals surface area contributed by atoms with E-state index in [1.807, 2.05) is 4.90 Å². The molecular formula is C17H24ClNO. The molecule has 1 aliphatic heterocycles. The van der Waals surface area contributed by atoms with Gasteiger partial charge in [0.2, 0.25) is 5.91 Å². The molecule has 3 heteroatoms. The minimum atomic E-state index is -0.503. The molecule has 2 rings (SSSR count). The highest BCUT2D eigenvalue weighted by molar-refractivity contribution is 6.32. The molecule has 1 aliphatic rings. The minimum absolute atomic E-state index is 0.00642. The lowest BCUT2D eigenvalue weighted by molar-refractivity contribution is -0.119. The Bertz CT molecular complexity index is 548. The lowest BCUT2D eigenvalue weighted by Gasteiger charge is -2.46. The van der Waals surface area contributed by atoms with Crippen LogP contribution in [0.3, 0.4) is 0 Å². The Kier molecular flexibility index (Phi) is 3.90. The van der Waals surface area contributed by atoms with E-state index >= 15 is 0 Å². The molecule has 1 amide bonds. The Morgan fingerprint density at radius 2 is 1.90 bits per heavy atom. The second-order valence-electron chi connectivity index (χ2n) is 6.70. The summed E-state index contributed by atoms with van der Waals surface area (Å²) >= 11 is 6.07. The van der Waals surface area contributed by atoms with Gasteiger partial charge in [0.05, 0.1) is 0 Å². The van der Waals surface area contributed by atoms with Gasteiger partial charge in [0.15, 0.2) is 0 Å². The van der Waals surface area contributed by atoms with Crippen molar-refractivity contribution in [3.8, 4) is 0 Å². The fourth-order valence-electron chi connectivity index (χ4n) is 3.28. The van der Waals surface area contributed by atoms with Crippen molar-refractivity contribution in [1.29, 1.82) is 0 Å². The topological polar surface area (TPSA) is 20.3 Å². The summed E-state index contributed by atoms with van der Waals surface area (Å²) in [5.41, 5.74) is 4.59. The first-order chi connectivity index (χ1) is 9.15. The Morgan fingerprint density at radius 1 is 1.35 bits per heavy atom. The second-order valence-corrected chi connectivity index (χ2v) is 7.36. The quantitative estimate of drug-likeness (QED) is 0.696. The molecule has 0 bridgehead atoms. The second kappa shape index (κ2) is 5.07. The first kappa shape index (κ1) is 15.4. The molecule has 0 aromatic heterocycles. The summed E-state index contributed by atoms with van der Waals surface area (Å²) in [6.45, 7) is 12.4. The molecule has 0 fully saturated rings. The molecule has 2 nitrogen and oxygen atoms in total. The van der Waals surface area contributed by atoms with Gasteiger partial charge in [-0.15, -0.1) is 11.6 Å². The molecule has 0 N–H and O–H groups in total. The summed E-state index contributed by atoms with van der Waals surface area (Å²) in [5, 5.41) is -0.503. The summed E-state index contributed by atoms with van der Waals surface area (Å²) in [6, 6.07) is 4.36. The zero-order valence-corrected chi connectivity index (χ0v) is 14.0. The first-order valence-electron chi connectivity index (χ1n) is 7.24. The smallest absolute Gasteiger partial charge is 0.245 e. The van der Waals surface area contributed by atoms with Gasteiger partial charge in [0.25, 0.3) is 0 Å². The van der Waals surface area contributed by atoms with Crippen molar-refractivity contribution in [2.24, 2.45) is 0 Å². The third kappa shape index (κ3) is 2.46. The Labute approximate surface area is 127 Å². The van der Waals surface area contributed by atoms with E-state index in [1.165, 1.54) is 16.7 Å². The lowest BCUT2D eigenvalue weighted by Crippen LogP contribution is -2.53. The molecule has 0 unspecified atom stereocenters. The number of benzene rings is 1. The van der Waals surface area contributed by atoms with Crippen LogP contribution >= 0.6 is 11.6 Å². The van der Waals surface area contributed by atoms with Crippen molar-refractivity contribution >= 4 is 23.2 Å². The fraction of sp³-hybridized carbons (Fsp3) is 0.588. The Balaban J connectivity index is 2.65. The van der Waals surface area contributed by atoms with Crippen molar-refractivity contribution in [1.82, 2.24) is 0 Å². The van der Waals surface area contributed by atoms with Gasteiger partial charge in [-0.1, -0.05) is 13.0 Å². The third-order valence-electron chi connectivity index (χ3n) is 4.39. The number of rotatable bonds is 1. The molecule has 0 saturated carbocycles. The van der Waals surface area contributed by atoms with Crippen molar-refractivity contribution < 1.29 is 4.79 Å². The normalized spacial score (nSPS) is 22.4. The van der Waals surface area contributed by atoms with Crippen LogP contribution in [0.1, 0.15) is 56.7 Å². The predicted octanol–water partition coefficient (Wildman–Crippen LogP) is 4.55. The van der Waals surface area contributed by atoms with Crippen molar-refractivity contribution in [3.63, 3.8) is 0 Å². The number of aryl methyl sites for hydroxylation is 2. The summed E-state index contributed by atoms with van der Waals surface area (Å²) in [6.07, 6.45) is 0.956. The van der Waals surface area contributed by atoms with E-state index in [2.05, 4.69) is 46.8 Å². The van der Waals surface area contributed by atoms with Crippen molar-refractivity contribution in [3.05, 3.63) is 28.8 Å². The number of amides is 1. The number of fused-ring (bicyclic) bond motifs is 1. The molecule has 0 spiro atoms. The zero-order chi connectivity index (χ0) is 15.2. The van der Waals surface area contributed by atoms with Crippen LogP contribution in [0.15, 0.2) is 12.1 Å². The molecule has 0 radical (unpaired) electrons. The monoisotopic (exact) mass is 293 g/mol. The maximum absolute atomic E-state index is 12.6. The van der Waals surface area contributed by atoms with Gasteiger partial charge in [-0.05, 0) is 69.7 Å². The van der Waals surface area contributed by atoms with Crippen molar-refractivity contribution in [2.75, 3.05) is 4.90 Å². The molecule has 1 aromatic rings. The van der Waals surface area contributed by atoms with Crippen LogP contribution in [0.25, 0.3) is 0 Å². The van der Waals surface area contributed by atoms with E-state index in [0.29, 0.717) is 5.92 Å². The van der Waals surface area contributed by atoms with Crippen molar-refractivity contribution in [2.45, 2.75) is 64.8 Å². The van der Waals surface area contributed by atoms with Gasteiger partial charge in [-0.2, -0.15) is 0 Å². The van der Waals surface area contributed by atoms with Crippen LogP contribution < -0.4 is 4.90 Å². The van der Waals surface area contributed by atoms with Gasteiger partial charge in [0, 0.05) is 11.2 Å². The molecule has 2 atom stereocenters. The summed E-state index contributed by atoms with van der Waals surface area (Å²) < 4.78 is 0. The van der Waals surface area contributed by atoms with Crippen LogP contribution in [0.5, 0.6) is 0 Å². The predicted molar refractivity (Wildman–Crippen MR) is 85.8 cm³/mol.